The molecular formula is C10H11N3S. The van der Waals surface area contributed by atoms with Gasteiger partial charge in [-0.2, -0.15) is 0 Å². The number of pyridine rings is 1. The van der Waals surface area contributed by atoms with E-state index in [-0.39, 0.29) is 6.04 Å². The van der Waals surface area contributed by atoms with Crippen LogP contribution < -0.4 is 5.73 Å². The lowest BCUT2D eigenvalue weighted by molar-refractivity contribution is 0.703. The van der Waals surface area contributed by atoms with Crippen LogP contribution in [0.15, 0.2) is 36.1 Å². The maximum Gasteiger partial charge on any atom is 0.0794 e. The summed E-state index contributed by atoms with van der Waals surface area (Å²) in [5.74, 6) is 0. The first-order valence-electron chi connectivity index (χ1n) is 4.40. The van der Waals surface area contributed by atoms with Crippen molar-refractivity contribution < 1.29 is 0 Å². The maximum atomic E-state index is 6.00. The normalized spacial score (nSPS) is 12.6. The van der Waals surface area contributed by atoms with Crippen LogP contribution in [0.1, 0.15) is 16.6 Å². The molecule has 0 bridgehead atoms. The van der Waals surface area contributed by atoms with Crippen LogP contribution in [0.4, 0.5) is 0 Å². The molecule has 2 aromatic heterocycles. The molecule has 2 N–H and O–H groups in total. The third-order valence-electron chi connectivity index (χ3n) is 1.97. The highest BCUT2D eigenvalue weighted by molar-refractivity contribution is 7.09. The van der Waals surface area contributed by atoms with Gasteiger partial charge in [0.1, 0.15) is 0 Å². The smallest absolute Gasteiger partial charge is 0.0794 e. The minimum atomic E-state index is -0.0309. The van der Waals surface area contributed by atoms with E-state index in [1.54, 1.807) is 17.5 Å². The van der Waals surface area contributed by atoms with E-state index >= 15 is 0 Å². The predicted molar refractivity (Wildman–Crippen MR) is 57.0 cm³/mol. The number of hydrogen-bond acceptors (Lipinski definition) is 4. The van der Waals surface area contributed by atoms with E-state index in [0.29, 0.717) is 0 Å². The Hall–Kier alpha value is -1.26. The molecule has 2 heterocycles. The summed E-state index contributed by atoms with van der Waals surface area (Å²) in [4.78, 5) is 9.43. The van der Waals surface area contributed by atoms with Crippen LogP contribution in [0.5, 0.6) is 0 Å². The highest BCUT2D eigenvalue weighted by Crippen LogP contribution is 2.15. The van der Waals surface area contributed by atoms with Crippen molar-refractivity contribution in [2.24, 2.45) is 5.73 Å². The standard InChI is InChI=1S/C10H11N3S/c11-9(5-8-6-12-7-14-8)10-3-1-2-4-13-10/h1-4,6-7,9H,5,11H2. The van der Waals surface area contributed by atoms with Gasteiger partial charge in [-0.3, -0.25) is 9.97 Å². The van der Waals surface area contributed by atoms with Crippen LogP contribution in [-0.2, 0) is 6.42 Å². The quantitative estimate of drug-likeness (QED) is 0.831. The Labute approximate surface area is 86.6 Å². The van der Waals surface area contributed by atoms with Crippen LogP contribution >= 0.6 is 11.3 Å². The Morgan fingerprint density at radius 3 is 3.00 bits per heavy atom. The van der Waals surface area contributed by atoms with Crippen molar-refractivity contribution >= 4 is 11.3 Å². The molecule has 72 valence electrons. The van der Waals surface area contributed by atoms with Crippen molar-refractivity contribution in [3.8, 4) is 0 Å². The first-order chi connectivity index (χ1) is 6.86. The van der Waals surface area contributed by atoms with Gasteiger partial charge < -0.3 is 5.73 Å². The largest absolute Gasteiger partial charge is 0.322 e. The Balaban J connectivity index is 2.07. The van der Waals surface area contributed by atoms with Crippen molar-refractivity contribution in [1.29, 1.82) is 0 Å². The summed E-state index contributed by atoms with van der Waals surface area (Å²) >= 11 is 1.63. The Morgan fingerprint density at radius 1 is 1.43 bits per heavy atom. The summed E-state index contributed by atoms with van der Waals surface area (Å²) in [6.07, 6.45) is 4.43. The fourth-order valence-electron chi connectivity index (χ4n) is 1.26. The molecule has 1 atom stereocenters. The number of thiazole rings is 1. The molecule has 1 unspecified atom stereocenters. The van der Waals surface area contributed by atoms with Gasteiger partial charge in [0.2, 0.25) is 0 Å². The van der Waals surface area contributed by atoms with Crippen LogP contribution in [0.2, 0.25) is 0 Å². The first-order valence-corrected chi connectivity index (χ1v) is 5.28. The van der Waals surface area contributed by atoms with E-state index in [9.17, 15) is 0 Å². The molecule has 4 heteroatoms. The molecular weight excluding hydrogens is 194 g/mol. The molecule has 0 aliphatic rings. The van der Waals surface area contributed by atoms with Gasteiger partial charge in [-0.25, -0.2) is 0 Å². The zero-order valence-electron chi connectivity index (χ0n) is 7.63. The van der Waals surface area contributed by atoms with E-state index in [0.717, 1.165) is 12.1 Å². The SMILES string of the molecule is NC(Cc1cncs1)c1ccccn1. The summed E-state index contributed by atoms with van der Waals surface area (Å²) in [5, 5.41) is 0. The Morgan fingerprint density at radius 2 is 2.36 bits per heavy atom. The molecule has 0 saturated carbocycles. The van der Waals surface area contributed by atoms with Crippen LogP contribution in [0.3, 0.4) is 0 Å². The zero-order valence-corrected chi connectivity index (χ0v) is 8.45. The van der Waals surface area contributed by atoms with Gasteiger partial charge in [0.25, 0.3) is 0 Å². The van der Waals surface area contributed by atoms with Gasteiger partial charge in [-0.05, 0) is 12.1 Å². The molecule has 2 rings (SSSR count). The second-order valence-electron chi connectivity index (χ2n) is 3.03. The number of nitrogens with two attached hydrogens (primary N) is 1. The molecule has 0 fully saturated rings. The maximum absolute atomic E-state index is 6.00. The average molecular weight is 205 g/mol. The molecule has 0 aromatic carbocycles. The molecule has 0 spiro atoms. The van der Waals surface area contributed by atoms with Gasteiger partial charge in [0.05, 0.1) is 17.2 Å². The van der Waals surface area contributed by atoms with E-state index < -0.39 is 0 Å². The summed E-state index contributed by atoms with van der Waals surface area (Å²) in [6, 6.07) is 5.76. The number of nitrogens with zero attached hydrogens (tertiary/aromatic N) is 2. The van der Waals surface area contributed by atoms with Crippen molar-refractivity contribution in [3.63, 3.8) is 0 Å². The summed E-state index contributed by atoms with van der Waals surface area (Å²) in [7, 11) is 0. The minimum absolute atomic E-state index is 0.0309. The van der Waals surface area contributed by atoms with Crippen LogP contribution in [-0.4, -0.2) is 9.97 Å². The second-order valence-corrected chi connectivity index (χ2v) is 4.00. The number of hydrogen-bond donors (Lipinski definition) is 1. The van der Waals surface area contributed by atoms with Gasteiger partial charge in [-0.15, -0.1) is 11.3 Å². The van der Waals surface area contributed by atoms with Crippen molar-refractivity contribution in [2.75, 3.05) is 0 Å². The second kappa shape index (κ2) is 4.30. The van der Waals surface area contributed by atoms with Crippen LogP contribution in [0.25, 0.3) is 0 Å². The molecule has 0 amide bonds. The van der Waals surface area contributed by atoms with Gasteiger partial charge >= 0.3 is 0 Å². The van der Waals surface area contributed by atoms with Crippen molar-refractivity contribution in [2.45, 2.75) is 12.5 Å². The Kier molecular flexibility index (Phi) is 2.86. The number of aromatic nitrogens is 2. The summed E-state index contributed by atoms with van der Waals surface area (Å²) < 4.78 is 0. The predicted octanol–water partition coefficient (Wildman–Crippen LogP) is 1.78. The molecule has 3 nitrogen and oxygen atoms in total. The average Bonchev–Trinajstić information content (AvgIpc) is 2.72. The van der Waals surface area contributed by atoms with Gasteiger partial charge in [-0.1, -0.05) is 6.07 Å². The molecule has 0 saturated heterocycles. The highest BCUT2D eigenvalue weighted by Gasteiger charge is 2.08. The van der Waals surface area contributed by atoms with E-state index in [1.165, 1.54) is 4.88 Å². The third-order valence-corrected chi connectivity index (χ3v) is 2.77. The molecule has 0 radical (unpaired) electrons. The zero-order chi connectivity index (χ0) is 9.80. The molecule has 0 aliphatic carbocycles. The topological polar surface area (TPSA) is 51.8 Å². The monoisotopic (exact) mass is 205 g/mol. The van der Waals surface area contributed by atoms with Crippen molar-refractivity contribution in [3.05, 3.63) is 46.7 Å². The van der Waals surface area contributed by atoms with E-state index in [4.69, 9.17) is 5.73 Å². The molecule has 2 aromatic rings. The summed E-state index contributed by atoms with van der Waals surface area (Å²) in [5.41, 5.74) is 8.75. The van der Waals surface area contributed by atoms with E-state index in [2.05, 4.69) is 9.97 Å². The lowest BCUT2D eigenvalue weighted by Gasteiger charge is -2.08. The van der Waals surface area contributed by atoms with Gasteiger partial charge in [0, 0.05) is 23.7 Å². The fourth-order valence-corrected chi connectivity index (χ4v) is 1.91. The summed E-state index contributed by atoms with van der Waals surface area (Å²) in [6.45, 7) is 0. The van der Waals surface area contributed by atoms with Crippen molar-refractivity contribution in [1.82, 2.24) is 9.97 Å². The third kappa shape index (κ3) is 2.16. The van der Waals surface area contributed by atoms with Crippen LogP contribution in [0, 0.1) is 0 Å². The first kappa shape index (κ1) is 9.30. The lowest BCUT2D eigenvalue weighted by Crippen LogP contribution is -2.13. The highest BCUT2D eigenvalue weighted by atomic mass is 32.1. The molecule has 0 aliphatic heterocycles. The Bertz CT molecular complexity index is 372. The lowest BCUT2D eigenvalue weighted by atomic mass is 10.1. The van der Waals surface area contributed by atoms with E-state index in [1.807, 2.05) is 29.9 Å². The van der Waals surface area contributed by atoms with Gasteiger partial charge in [0.15, 0.2) is 0 Å². The fraction of sp³-hybridized carbons (Fsp3) is 0.200. The minimum Gasteiger partial charge on any atom is -0.322 e. The number of rotatable bonds is 3. The molecule has 14 heavy (non-hydrogen) atoms.